The van der Waals surface area contributed by atoms with Crippen LogP contribution in [0.4, 0.5) is 14.9 Å². The highest BCUT2D eigenvalue weighted by atomic mass is 19.1. The van der Waals surface area contributed by atoms with E-state index in [0.717, 1.165) is 6.42 Å². The van der Waals surface area contributed by atoms with Crippen LogP contribution in [0.15, 0.2) is 18.2 Å². The van der Waals surface area contributed by atoms with Gasteiger partial charge >= 0.3 is 6.03 Å². The molecule has 22 heavy (non-hydrogen) atoms. The van der Waals surface area contributed by atoms with Crippen molar-refractivity contribution in [1.29, 1.82) is 0 Å². The molecule has 0 heterocycles. The van der Waals surface area contributed by atoms with Gasteiger partial charge in [0, 0.05) is 19.2 Å². The number of urea groups is 1. The minimum atomic E-state index is -0.416. The molecule has 124 valence electrons. The Hall–Kier alpha value is -1.82. The van der Waals surface area contributed by atoms with Crippen molar-refractivity contribution in [3.63, 3.8) is 0 Å². The minimum Gasteiger partial charge on any atom is -0.491 e. The van der Waals surface area contributed by atoms with Crippen LogP contribution in [0.2, 0.25) is 0 Å². The van der Waals surface area contributed by atoms with E-state index in [-0.39, 0.29) is 18.1 Å². The molecular weight excluding hydrogens is 287 g/mol. The fourth-order valence-corrected chi connectivity index (χ4v) is 1.81. The van der Waals surface area contributed by atoms with E-state index < -0.39 is 5.82 Å². The Labute approximate surface area is 130 Å². The SMILES string of the molecule is CCCOc1cc(F)ccc1NC(=O)NCC(C)(C)CCO. The second-order valence-electron chi connectivity index (χ2n) is 5.93. The van der Waals surface area contributed by atoms with Crippen LogP contribution in [0, 0.1) is 11.2 Å². The molecule has 0 aliphatic heterocycles. The van der Waals surface area contributed by atoms with Crippen LogP contribution in [0.3, 0.4) is 0 Å². The van der Waals surface area contributed by atoms with Gasteiger partial charge < -0.3 is 20.5 Å². The summed E-state index contributed by atoms with van der Waals surface area (Å²) in [5.74, 6) is -0.104. The van der Waals surface area contributed by atoms with Gasteiger partial charge in [-0.15, -0.1) is 0 Å². The van der Waals surface area contributed by atoms with Crippen molar-refractivity contribution in [1.82, 2.24) is 5.32 Å². The van der Waals surface area contributed by atoms with Gasteiger partial charge in [-0.25, -0.2) is 9.18 Å². The van der Waals surface area contributed by atoms with E-state index in [0.29, 0.717) is 31.0 Å². The second-order valence-corrected chi connectivity index (χ2v) is 5.93. The molecule has 0 aliphatic rings. The lowest BCUT2D eigenvalue weighted by Crippen LogP contribution is -2.37. The third-order valence-corrected chi connectivity index (χ3v) is 3.17. The summed E-state index contributed by atoms with van der Waals surface area (Å²) in [6, 6.07) is 3.60. The normalized spacial score (nSPS) is 11.1. The van der Waals surface area contributed by atoms with Crippen molar-refractivity contribution < 1.29 is 19.0 Å². The molecule has 0 unspecified atom stereocenters. The van der Waals surface area contributed by atoms with E-state index in [4.69, 9.17) is 9.84 Å². The first-order valence-electron chi connectivity index (χ1n) is 7.46. The van der Waals surface area contributed by atoms with Crippen LogP contribution >= 0.6 is 0 Å². The number of rotatable bonds is 8. The van der Waals surface area contributed by atoms with E-state index >= 15 is 0 Å². The average molecular weight is 312 g/mol. The number of carbonyl (C=O) groups is 1. The highest BCUT2D eigenvalue weighted by molar-refractivity contribution is 5.90. The number of ether oxygens (including phenoxy) is 1. The fourth-order valence-electron chi connectivity index (χ4n) is 1.81. The molecule has 2 amide bonds. The molecule has 0 bridgehead atoms. The van der Waals surface area contributed by atoms with E-state index in [1.807, 2.05) is 20.8 Å². The smallest absolute Gasteiger partial charge is 0.319 e. The third kappa shape index (κ3) is 6.30. The molecule has 1 aromatic rings. The first-order chi connectivity index (χ1) is 10.4. The number of benzene rings is 1. The number of aliphatic hydroxyl groups is 1. The van der Waals surface area contributed by atoms with Gasteiger partial charge in [0.15, 0.2) is 0 Å². The molecule has 0 aliphatic carbocycles. The number of anilines is 1. The zero-order chi connectivity index (χ0) is 16.6. The van der Waals surface area contributed by atoms with E-state index in [1.165, 1.54) is 18.2 Å². The zero-order valence-electron chi connectivity index (χ0n) is 13.4. The van der Waals surface area contributed by atoms with E-state index in [9.17, 15) is 9.18 Å². The van der Waals surface area contributed by atoms with Gasteiger partial charge in [0.1, 0.15) is 11.6 Å². The van der Waals surface area contributed by atoms with Crippen molar-refractivity contribution in [2.45, 2.75) is 33.6 Å². The molecule has 3 N–H and O–H groups in total. The quantitative estimate of drug-likeness (QED) is 0.690. The highest BCUT2D eigenvalue weighted by Gasteiger charge is 2.18. The first kappa shape index (κ1) is 18.2. The maximum atomic E-state index is 13.3. The Balaban J connectivity index is 2.63. The summed E-state index contributed by atoms with van der Waals surface area (Å²) in [6.07, 6.45) is 1.38. The maximum Gasteiger partial charge on any atom is 0.319 e. The lowest BCUT2D eigenvalue weighted by molar-refractivity contribution is 0.204. The van der Waals surface area contributed by atoms with Crippen LogP contribution in [0.5, 0.6) is 5.75 Å². The topological polar surface area (TPSA) is 70.6 Å². The van der Waals surface area contributed by atoms with Crippen molar-refractivity contribution in [3.05, 3.63) is 24.0 Å². The standard InChI is InChI=1S/C16H25FN2O3/c1-4-9-22-14-10-12(17)5-6-13(14)19-15(21)18-11-16(2,3)7-8-20/h5-6,10,20H,4,7-9,11H2,1-3H3,(H2,18,19,21). The van der Waals surface area contributed by atoms with Crippen molar-refractivity contribution in [3.8, 4) is 5.75 Å². The Bertz CT molecular complexity index is 492. The van der Waals surface area contributed by atoms with Crippen molar-refractivity contribution in [2.24, 2.45) is 5.41 Å². The van der Waals surface area contributed by atoms with Gasteiger partial charge in [0.25, 0.3) is 0 Å². The van der Waals surface area contributed by atoms with Gasteiger partial charge in [-0.05, 0) is 30.4 Å². The van der Waals surface area contributed by atoms with Crippen LogP contribution < -0.4 is 15.4 Å². The fraction of sp³-hybridized carbons (Fsp3) is 0.562. The van der Waals surface area contributed by atoms with Gasteiger partial charge in [-0.3, -0.25) is 0 Å². The molecule has 0 saturated carbocycles. The molecule has 0 fully saturated rings. The largest absolute Gasteiger partial charge is 0.491 e. The predicted octanol–water partition coefficient (Wildman–Crippen LogP) is 3.14. The number of hydrogen-bond acceptors (Lipinski definition) is 3. The Morgan fingerprint density at radius 3 is 2.77 bits per heavy atom. The first-order valence-corrected chi connectivity index (χ1v) is 7.46. The van der Waals surface area contributed by atoms with E-state index in [2.05, 4.69) is 10.6 Å². The summed E-state index contributed by atoms with van der Waals surface area (Å²) < 4.78 is 18.7. The van der Waals surface area contributed by atoms with Gasteiger partial charge in [-0.1, -0.05) is 20.8 Å². The Morgan fingerprint density at radius 1 is 1.41 bits per heavy atom. The average Bonchev–Trinajstić information content (AvgIpc) is 2.45. The summed E-state index contributed by atoms with van der Waals surface area (Å²) >= 11 is 0. The maximum absolute atomic E-state index is 13.3. The van der Waals surface area contributed by atoms with E-state index in [1.54, 1.807) is 0 Å². The van der Waals surface area contributed by atoms with Crippen LogP contribution in [-0.2, 0) is 0 Å². The number of carbonyl (C=O) groups excluding carboxylic acids is 1. The molecule has 0 aromatic heterocycles. The number of halogens is 1. The number of nitrogens with one attached hydrogen (secondary N) is 2. The summed E-state index contributed by atoms with van der Waals surface area (Å²) in [5, 5.41) is 14.4. The summed E-state index contributed by atoms with van der Waals surface area (Å²) in [4.78, 5) is 11.9. The highest BCUT2D eigenvalue weighted by Crippen LogP contribution is 2.25. The van der Waals surface area contributed by atoms with Crippen molar-refractivity contribution >= 4 is 11.7 Å². The molecule has 1 rings (SSSR count). The Kier molecular flexibility index (Phi) is 7.11. The summed E-state index contributed by atoms with van der Waals surface area (Å²) in [7, 11) is 0. The minimum absolute atomic E-state index is 0.0727. The predicted molar refractivity (Wildman–Crippen MR) is 84.7 cm³/mol. The van der Waals surface area contributed by atoms with Crippen LogP contribution in [0.1, 0.15) is 33.6 Å². The lowest BCUT2D eigenvalue weighted by Gasteiger charge is -2.24. The molecule has 6 heteroatoms. The molecule has 5 nitrogen and oxygen atoms in total. The van der Waals surface area contributed by atoms with Gasteiger partial charge in [0.05, 0.1) is 12.3 Å². The second kappa shape index (κ2) is 8.58. The van der Waals surface area contributed by atoms with Crippen molar-refractivity contribution in [2.75, 3.05) is 25.1 Å². The number of aliphatic hydroxyl groups excluding tert-OH is 1. The number of hydrogen-bond donors (Lipinski definition) is 3. The van der Waals surface area contributed by atoms with Crippen LogP contribution in [-0.4, -0.2) is 30.9 Å². The molecule has 0 spiro atoms. The summed E-state index contributed by atoms with van der Waals surface area (Å²) in [5.41, 5.74) is 0.225. The molecule has 0 saturated heterocycles. The Morgan fingerprint density at radius 2 is 2.14 bits per heavy atom. The molecule has 0 radical (unpaired) electrons. The van der Waals surface area contributed by atoms with Gasteiger partial charge in [0.2, 0.25) is 0 Å². The zero-order valence-corrected chi connectivity index (χ0v) is 13.4. The van der Waals surface area contributed by atoms with Crippen LogP contribution in [0.25, 0.3) is 0 Å². The molecule has 0 atom stereocenters. The van der Waals surface area contributed by atoms with Gasteiger partial charge in [-0.2, -0.15) is 0 Å². The molecular formula is C16H25FN2O3. The lowest BCUT2D eigenvalue weighted by atomic mass is 9.90. The third-order valence-electron chi connectivity index (χ3n) is 3.17. The monoisotopic (exact) mass is 312 g/mol. The summed E-state index contributed by atoms with van der Waals surface area (Å²) in [6.45, 7) is 6.80. The number of amides is 2. The molecule has 1 aromatic carbocycles.